The fraction of sp³-hybridized carbons (Fsp3) is 0.154. The average Bonchev–Trinajstić information content (AvgIpc) is 2.84. The zero-order valence-corrected chi connectivity index (χ0v) is 11.2. The summed E-state index contributed by atoms with van der Waals surface area (Å²) in [6.07, 6.45) is 1.62. The highest BCUT2D eigenvalue weighted by atomic mass is 16.4. The highest BCUT2D eigenvalue weighted by Gasteiger charge is 2.10. The second-order valence-corrected chi connectivity index (χ2v) is 4.29. The molecule has 0 saturated heterocycles. The number of carbonyl (C=O) groups is 2. The minimum atomic E-state index is -1.16. The Morgan fingerprint density at radius 2 is 2.10 bits per heavy atom. The van der Waals surface area contributed by atoms with E-state index in [9.17, 15) is 14.7 Å². The predicted molar refractivity (Wildman–Crippen MR) is 74.1 cm³/mol. The van der Waals surface area contributed by atoms with E-state index in [1.54, 1.807) is 24.0 Å². The molecule has 2 amide bonds. The van der Waals surface area contributed by atoms with Crippen molar-refractivity contribution in [3.05, 3.63) is 41.7 Å². The van der Waals surface area contributed by atoms with E-state index in [0.717, 1.165) is 11.8 Å². The molecule has 0 aliphatic carbocycles. The molecule has 0 aliphatic heterocycles. The number of carboxylic acid groups (broad SMARTS) is 1. The lowest BCUT2D eigenvalue weighted by Gasteiger charge is -2.09. The third-order valence-electron chi connectivity index (χ3n) is 2.85. The van der Waals surface area contributed by atoms with Crippen molar-refractivity contribution in [1.82, 2.24) is 15.1 Å². The van der Waals surface area contributed by atoms with Crippen LogP contribution in [0, 0.1) is 0 Å². The Kier molecular flexibility index (Phi) is 4.07. The molecule has 21 heavy (non-hydrogen) atoms. The number of phenols is 1. The number of urea groups is 1. The first kappa shape index (κ1) is 14.4. The number of anilines is 1. The van der Waals surface area contributed by atoms with Gasteiger partial charge in [0.2, 0.25) is 0 Å². The summed E-state index contributed by atoms with van der Waals surface area (Å²) in [5.41, 5.74) is 0.881. The van der Waals surface area contributed by atoms with E-state index in [-0.39, 0.29) is 23.5 Å². The van der Waals surface area contributed by atoms with E-state index < -0.39 is 12.0 Å². The Bertz CT molecular complexity index is 681. The summed E-state index contributed by atoms with van der Waals surface area (Å²) >= 11 is 0. The molecular weight excluding hydrogens is 276 g/mol. The van der Waals surface area contributed by atoms with Crippen molar-refractivity contribution in [1.29, 1.82) is 0 Å². The molecular formula is C13H14N4O4. The molecule has 1 aromatic carbocycles. The quantitative estimate of drug-likeness (QED) is 0.630. The summed E-state index contributed by atoms with van der Waals surface area (Å²) in [5, 5.41) is 27.4. The number of hydrogen-bond donors (Lipinski definition) is 4. The molecule has 0 unspecified atom stereocenters. The van der Waals surface area contributed by atoms with E-state index in [4.69, 9.17) is 5.11 Å². The third kappa shape index (κ3) is 3.50. The van der Waals surface area contributed by atoms with Gasteiger partial charge in [0.05, 0.1) is 23.5 Å². The van der Waals surface area contributed by atoms with Crippen LogP contribution in [0.2, 0.25) is 0 Å². The number of aromatic nitrogens is 2. The molecule has 2 rings (SSSR count). The molecule has 1 aromatic heterocycles. The molecule has 0 atom stereocenters. The van der Waals surface area contributed by atoms with E-state index in [1.165, 1.54) is 12.1 Å². The van der Waals surface area contributed by atoms with Crippen molar-refractivity contribution < 1.29 is 19.8 Å². The minimum Gasteiger partial charge on any atom is -0.506 e. The fourth-order valence-electron chi connectivity index (χ4n) is 1.68. The van der Waals surface area contributed by atoms with Crippen LogP contribution in [0.5, 0.6) is 5.75 Å². The van der Waals surface area contributed by atoms with Crippen LogP contribution in [0.1, 0.15) is 16.1 Å². The topological polar surface area (TPSA) is 116 Å². The molecule has 110 valence electrons. The maximum absolute atomic E-state index is 11.7. The highest BCUT2D eigenvalue weighted by Crippen LogP contribution is 2.24. The van der Waals surface area contributed by atoms with Crippen LogP contribution in [0.4, 0.5) is 10.5 Å². The van der Waals surface area contributed by atoms with E-state index in [2.05, 4.69) is 15.7 Å². The Morgan fingerprint density at radius 1 is 1.33 bits per heavy atom. The molecule has 8 heteroatoms. The van der Waals surface area contributed by atoms with E-state index in [1.807, 2.05) is 0 Å². The fourth-order valence-corrected chi connectivity index (χ4v) is 1.68. The summed E-state index contributed by atoms with van der Waals surface area (Å²) in [7, 11) is 1.76. The summed E-state index contributed by atoms with van der Waals surface area (Å²) in [6, 6.07) is 4.93. The molecule has 0 bridgehead atoms. The van der Waals surface area contributed by atoms with Gasteiger partial charge in [-0.25, -0.2) is 9.59 Å². The Hall–Kier alpha value is -3.03. The van der Waals surface area contributed by atoms with Crippen molar-refractivity contribution in [2.24, 2.45) is 7.05 Å². The van der Waals surface area contributed by atoms with Crippen LogP contribution in [0.3, 0.4) is 0 Å². The van der Waals surface area contributed by atoms with Gasteiger partial charge in [0.1, 0.15) is 5.75 Å². The van der Waals surface area contributed by atoms with Crippen molar-refractivity contribution in [3.63, 3.8) is 0 Å². The second-order valence-electron chi connectivity index (χ2n) is 4.29. The number of aromatic hydroxyl groups is 1. The van der Waals surface area contributed by atoms with Crippen LogP contribution in [0.25, 0.3) is 0 Å². The second kappa shape index (κ2) is 5.95. The number of aryl methyl sites for hydroxylation is 1. The monoisotopic (exact) mass is 290 g/mol. The van der Waals surface area contributed by atoms with Gasteiger partial charge in [-0.3, -0.25) is 4.68 Å². The lowest BCUT2D eigenvalue weighted by atomic mass is 10.2. The maximum Gasteiger partial charge on any atom is 0.335 e. The first-order valence-corrected chi connectivity index (χ1v) is 6.05. The molecule has 0 fully saturated rings. The Balaban J connectivity index is 1.96. The van der Waals surface area contributed by atoms with Crippen LogP contribution >= 0.6 is 0 Å². The smallest absolute Gasteiger partial charge is 0.335 e. The van der Waals surface area contributed by atoms with Crippen molar-refractivity contribution in [2.75, 3.05) is 5.32 Å². The van der Waals surface area contributed by atoms with Crippen molar-refractivity contribution in [2.45, 2.75) is 6.54 Å². The predicted octanol–water partition coefficient (Wildman–Crippen LogP) is 1.15. The first-order chi connectivity index (χ1) is 9.97. The molecule has 0 saturated carbocycles. The summed E-state index contributed by atoms with van der Waals surface area (Å²) < 4.78 is 1.62. The summed E-state index contributed by atoms with van der Waals surface area (Å²) in [4.78, 5) is 22.4. The number of hydrogen-bond acceptors (Lipinski definition) is 4. The number of nitrogens with zero attached hydrogens (tertiary/aromatic N) is 2. The van der Waals surface area contributed by atoms with Gasteiger partial charge >= 0.3 is 12.0 Å². The first-order valence-electron chi connectivity index (χ1n) is 6.05. The number of carboxylic acids is 1. The molecule has 0 aliphatic rings. The summed E-state index contributed by atoms with van der Waals surface area (Å²) in [5.74, 6) is -1.47. The van der Waals surface area contributed by atoms with Gasteiger partial charge in [0, 0.05) is 13.2 Å². The zero-order valence-electron chi connectivity index (χ0n) is 11.2. The van der Waals surface area contributed by atoms with Gasteiger partial charge in [-0.15, -0.1) is 0 Å². The maximum atomic E-state index is 11.7. The Labute approximate surface area is 120 Å². The summed E-state index contributed by atoms with van der Waals surface area (Å²) in [6.45, 7) is 0.274. The minimum absolute atomic E-state index is 0.0617. The van der Waals surface area contributed by atoms with Gasteiger partial charge in [-0.1, -0.05) is 0 Å². The number of benzene rings is 1. The number of aromatic carboxylic acids is 1. The van der Waals surface area contributed by atoms with Crippen LogP contribution in [-0.4, -0.2) is 32.0 Å². The van der Waals surface area contributed by atoms with Gasteiger partial charge in [0.25, 0.3) is 0 Å². The molecule has 8 nitrogen and oxygen atoms in total. The van der Waals surface area contributed by atoms with Crippen LogP contribution in [-0.2, 0) is 13.6 Å². The lowest BCUT2D eigenvalue weighted by Crippen LogP contribution is -2.29. The Morgan fingerprint density at radius 3 is 2.67 bits per heavy atom. The van der Waals surface area contributed by atoms with Crippen LogP contribution < -0.4 is 10.6 Å². The highest BCUT2D eigenvalue weighted by molar-refractivity contribution is 5.93. The largest absolute Gasteiger partial charge is 0.506 e. The van der Waals surface area contributed by atoms with Gasteiger partial charge in [-0.2, -0.15) is 5.10 Å². The number of phenolic OH excluding ortho intramolecular Hbond substituents is 1. The molecule has 0 spiro atoms. The van der Waals surface area contributed by atoms with Gasteiger partial charge in [0.15, 0.2) is 0 Å². The normalized spacial score (nSPS) is 10.1. The van der Waals surface area contributed by atoms with E-state index in [0.29, 0.717) is 0 Å². The molecule has 4 N–H and O–H groups in total. The SMILES string of the molecule is Cn1nccc1CNC(=O)Nc1ccc(C(=O)O)cc1O. The number of amides is 2. The standard InChI is InChI=1S/C13H14N4O4/c1-17-9(4-5-15-17)7-14-13(21)16-10-3-2-8(12(19)20)6-11(10)18/h2-6,18H,7H2,1H3,(H,19,20)(H2,14,16,21). The number of carbonyl (C=O) groups excluding carboxylic acids is 1. The zero-order chi connectivity index (χ0) is 15.4. The van der Waals surface area contributed by atoms with Crippen LogP contribution in [0.15, 0.2) is 30.5 Å². The van der Waals surface area contributed by atoms with Gasteiger partial charge < -0.3 is 20.8 Å². The van der Waals surface area contributed by atoms with Gasteiger partial charge in [-0.05, 0) is 24.3 Å². The molecule has 1 heterocycles. The lowest BCUT2D eigenvalue weighted by molar-refractivity contribution is 0.0696. The van der Waals surface area contributed by atoms with Crippen molar-refractivity contribution >= 4 is 17.7 Å². The average molecular weight is 290 g/mol. The number of rotatable bonds is 4. The molecule has 2 aromatic rings. The van der Waals surface area contributed by atoms with Crippen molar-refractivity contribution in [3.8, 4) is 5.75 Å². The molecule has 0 radical (unpaired) electrons. The third-order valence-corrected chi connectivity index (χ3v) is 2.85. The van der Waals surface area contributed by atoms with E-state index >= 15 is 0 Å². The number of nitrogens with one attached hydrogen (secondary N) is 2.